The highest BCUT2D eigenvalue weighted by Crippen LogP contribution is 2.41. The number of benzene rings is 1. The summed E-state index contributed by atoms with van der Waals surface area (Å²) in [6.45, 7) is 18.7. The van der Waals surface area contributed by atoms with Crippen LogP contribution in [-0.4, -0.2) is 24.9 Å². The number of rotatable bonds is 33. The third-order valence-electron chi connectivity index (χ3n) is 14.7. The van der Waals surface area contributed by atoms with Gasteiger partial charge in [0.25, 0.3) is 11.8 Å². The monoisotopic (exact) mass is 995 g/mol. The molecule has 0 aliphatic carbocycles. The predicted molar refractivity (Wildman–Crippen MR) is 302 cm³/mol. The minimum Gasteiger partial charge on any atom is -0.321 e. The van der Waals surface area contributed by atoms with Gasteiger partial charge in [0.15, 0.2) is 0 Å². The Morgan fingerprint density at radius 2 is 0.739 bits per heavy atom. The highest BCUT2D eigenvalue weighted by Gasteiger charge is 2.38. The molecule has 0 saturated carbocycles. The fraction of sp³-hybridized carbons (Fsp3) is 0.633. The highest BCUT2D eigenvalue weighted by molar-refractivity contribution is 7.23. The van der Waals surface area contributed by atoms with E-state index in [-0.39, 0.29) is 11.8 Å². The zero-order chi connectivity index (χ0) is 49.6. The van der Waals surface area contributed by atoms with E-state index in [1.807, 2.05) is 13.8 Å². The molecule has 4 aromatic rings. The largest absolute Gasteiger partial charge is 0.321 e. The number of amides is 2. The molecule has 0 saturated heterocycles. The van der Waals surface area contributed by atoms with Crippen molar-refractivity contribution in [3.8, 4) is 9.75 Å². The molecule has 380 valence electrons. The van der Waals surface area contributed by atoms with Crippen LogP contribution < -0.4 is 31.7 Å². The van der Waals surface area contributed by atoms with E-state index in [2.05, 4.69) is 99.9 Å². The topological polar surface area (TPSA) is 92.7 Å². The summed E-state index contributed by atoms with van der Waals surface area (Å²) >= 11 is 5.08. The second-order valence-corrected chi connectivity index (χ2v) is 25.2. The summed E-state index contributed by atoms with van der Waals surface area (Å²) in [4.78, 5) is 41.6. The van der Waals surface area contributed by atoms with E-state index in [9.17, 15) is 0 Å². The molecule has 0 fully saturated rings. The Labute approximate surface area is 430 Å². The maximum atomic E-state index is 15.5. The van der Waals surface area contributed by atoms with Crippen LogP contribution in [0, 0.1) is 11.8 Å². The molecule has 6 rings (SSSR count). The molecule has 1 aromatic carbocycles. The summed E-state index contributed by atoms with van der Waals surface area (Å²) in [5.41, 5.74) is 15.8. The second kappa shape index (κ2) is 26.6. The summed E-state index contributed by atoms with van der Waals surface area (Å²) in [6, 6.07) is 17.4. The molecule has 0 radical (unpaired) electrons. The maximum Gasteiger partial charge on any atom is 0.260 e. The molecule has 0 bridgehead atoms. The van der Waals surface area contributed by atoms with Crippen molar-refractivity contribution in [2.75, 3.05) is 22.9 Å². The van der Waals surface area contributed by atoms with E-state index in [1.54, 1.807) is 34.0 Å². The van der Waals surface area contributed by atoms with Crippen LogP contribution in [0.5, 0.6) is 0 Å². The van der Waals surface area contributed by atoms with Crippen LogP contribution in [0.25, 0.3) is 20.9 Å². The van der Waals surface area contributed by atoms with Crippen molar-refractivity contribution >= 4 is 68.3 Å². The zero-order valence-electron chi connectivity index (χ0n) is 44.2. The van der Waals surface area contributed by atoms with Gasteiger partial charge in [0.05, 0.1) is 22.5 Å². The van der Waals surface area contributed by atoms with Crippen molar-refractivity contribution in [2.45, 2.75) is 221 Å². The van der Waals surface area contributed by atoms with Crippen LogP contribution in [0.1, 0.15) is 229 Å². The van der Waals surface area contributed by atoms with Crippen molar-refractivity contribution in [2.24, 2.45) is 23.3 Å². The van der Waals surface area contributed by atoms with Crippen LogP contribution in [0.3, 0.4) is 0 Å². The highest BCUT2D eigenvalue weighted by atomic mass is 32.1. The lowest BCUT2D eigenvalue weighted by Crippen LogP contribution is -2.35. The molecule has 2 amide bonds. The molecule has 2 aliphatic rings. The lowest BCUT2D eigenvalue weighted by atomic mass is 9.93. The van der Waals surface area contributed by atoms with Gasteiger partial charge in [0.2, 0.25) is 0 Å². The number of anilines is 2. The number of fused-ring (bicyclic) bond motifs is 2. The normalized spacial score (nSPS) is 15.0. The van der Waals surface area contributed by atoms with Crippen LogP contribution in [-0.2, 0) is 20.7 Å². The fourth-order valence-corrected chi connectivity index (χ4v) is 13.8. The predicted octanol–water partition coefficient (Wildman–Crippen LogP) is 15.7. The van der Waals surface area contributed by atoms with Gasteiger partial charge >= 0.3 is 0 Å². The number of carbonyl (C=O) groups is 2. The summed E-state index contributed by atoms with van der Waals surface area (Å²) in [6.07, 6.45) is 29.5. The van der Waals surface area contributed by atoms with E-state index in [1.165, 1.54) is 133 Å². The summed E-state index contributed by atoms with van der Waals surface area (Å²) in [5.74, 6) is 0.997. The van der Waals surface area contributed by atoms with Crippen molar-refractivity contribution in [3.63, 3.8) is 0 Å². The average molecular weight is 996 g/mol. The molecule has 2 unspecified atom stereocenters. The van der Waals surface area contributed by atoms with Gasteiger partial charge < -0.3 is 21.3 Å². The third kappa shape index (κ3) is 14.8. The molecule has 9 heteroatoms. The van der Waals surface area contributed by atoms with Gasteiger partial charge in [0.1, 0.15) is 0 Å². The first-order valence-electron chi connectivity index (χ1n) is 27.7. The molecule has 5 heterocycles. The molecular formula is C60H90N4O2S3. The average Bonchev–Trinajstić information content (AvgIpc) is 4.17. The first-order chi connectivity index (χ1) is 33.2. The van der Waals surface area contributed by atoms with Gasteiger partial charge in [-0.3, -0.25) is 9.59 Å². The molecule has 4 N–H and O–H groups in total. The van der Waals surface area contributed by atoms with Crippen LogP contribution in [0.2, 0.25) is 0 Å². The number of nitrogens with zero attached hydrogens (tertiary/aromatic N) is 2. The number of carbonyl (C=O) groups excluding carboxylic acids is 2. The Balaban J connectivity index is 1.48. The molecule has 2 aliphatic heterocycles. The van der Waals surface area contributed by atoms with E-state index in [0.717, 1.165) is 83.0 Å². The van der Waals surface area contributed by atoms with Gasteiger partial charge in [-0.2, -0.15) is 0 Å². The summed E-state index contributed by atoms with van der Waals surface area (Å²) in [7, 11) is 0. The number of unbranched alkanes of at least 4 members (excludes halogenated alkanes) is 16. The van der Waals surface area contributed by atoms with Crippen molar-refractivity contribution < 1.29 is 9.59 Å². The van der Waals surface area contributed by atoms with Gasteiger partial charge in [-0.25, -0.2) is 0 Å². The van der Waals surface area contributed by atoms with Crippen molar-refractivity contribution in [3.05, 3.63) is 78.5 Å². The molecule has 3 aromatic heterocycles. The van der Waals surface area contributed by atoms with Gasteiger partial charge in [0, 0.05) is 63.9 Å². The van der Waals surface area contributed by atoms with Gasteiger partial charge in [-0.15, -0.1) is 34.0 Å². The standard InChI is InChI=1S/C60H90N4O2S3/c1-9-13-17-21-23-27-31-43(29-25-19-15-11-3)41-63-47-40-46-48(39-45(47)55(57(63)65)51-34-33-49(67-51)50-35-37-53(68-50)59(5,6)61)64(58(66)56(46)52-36-38-54(69-52)60(7,8)62)42-44(30-26-20-16-12-4)32-28-24-22-18-14-10-2/h33-40,43-44H,9-32,41-42,61-62H2,1-8H3. The van der Waals surface area contributed by atoms with E-state index in [4.69, 9.17) is 11.5 Å². The quantitative estimate of drug-likeness (QED) is 0.0465. The van der Waals surface area contributed by atoms with E-state index in [0.29, 0.717) is 24.9 Å². The van der Waals surface area contributed by atoms with Crippen LogP contribution in [0.15, 0.2) is 48.5 Å². The molecule has 6 nitrogen and oxygen atoms in total. The first kappa shape index (κ1) is 55.2. The van der Waals surface area contributed by atoms with Crippen molar-refractivity contribution in [1.29, 1.82) is 0 Å². The molecule has 2 atom stereocenters. The minimum atomic E-state index is -0.522. The Morgan fingerprint density at radius 1 is 0.435 bits per heavy atom. The maximum absolute atomic E-state index is 15.5. The summed E-state index contributed by atoms with van der Waals surface area (Å²) in [5, 5.41) is 1.93. The Bertz CT molecular complexity index is 2370. The Kier molecular flexibility index (Phi) is 21.3. The second-order valence-electron chi connectivity index (χ2n) is 21.9. The lowest BCUT2D eigenvalue weighted by Gasteiger charge is -2.27. The number of thiophene rings is 3. The molecule has 0 spiro atoms. The smallest absolute Gasteiger partial charge is 0.260 e. The van der Waals surface area contributed by atoms with Crippen LogP contribution in [0.4, 0.5) is 11.4 Å². The summed E-state index contributed by atoms with van der Waals surface area (Å²) < 4.78 is 0. The fourth-order valence-electron chi connectivity index (χ4n) is 10.5. The Hall–Kier alpha value is -3.08. The third-order valence-corrected chi connectivity index (χ3v) is 18.9. The number of nitrogens with two attached hydrogens (primary N) is 2. The van der Waals surface area contributed by atoms with Crippen LogP contribution >= 0.6 is 34.0 Å². The zero-order valence-corrected chi connectivity index (χ0v) is 46.7. The Morgan fingerprint density at radius 3 is 1.13 bits per heavy atom. The molecule has 69 heavy (non-hydrogen) atoms. The SMILES string of the molecule is CCCCCCCCC(CCCCCC)CN1C(=O)C(c2ccc(-c3ccc(C(C)(C)N)s3)s2)=c2cc3c(cc21)=C(c1ccc(C(C)(C)N)s1)C(=O)N3CC(CCCCCC)CCCCCCCC. The molecular weight excluding hydrogens is 905 g/mol. The van der Waals surface area contributed by atoms with Crippen molar-refractivity contribution in [1.82, 2.24) is 0 Å². The number of hydrogen-bond acceptors (Lipinski definition) is 7. The van der Waals surface area contributed by atoms with Gasteiger partial charge in [-0.05, 0) is 114 Å². The lowest BCUT2D eigenvalue weighted by molar-refractivity contribution is -0.114. The number of hydrogen-bond donors (Lipinski definition) is 2. The first-order valence-corrected chi connectivity index (χ1v) is 30.1. The van der Waals surface area contributed by atoms with E-state index >= 15 is 9.59 Å². The van der Waals surface area contributed by atoms with Gasteiger partial charge in [-0.1, -0.05) is 156 Å². The minimum absolute atomic E-state index is 0.0874. The van der Waals surface area contributed by atoms with E-state index < -0.39 is 11.1 Å².